The van der Waals surface area contributed by atoms with Crippen LogP contribution in [0.2, 0.25) is 0 Å². The summed E-state index contributed by atoms with van der Waals surface area (Å²) >= 11 is 1.54. The van der Waals surface area contributed by atoms with Crippen molar-refractivity contribution in [3.05, 3.63) is 28.8 Å². The van der Waals surface area contributed by atoms with Crippen molar-refractivity contribution in [2.45, 2.75) is 124 Å². The van der Waals surface area contributed by atoms with Gasteiger partial charge in [0.05, 0.1) is 27.2 Å². The van der Waals surface area contributed by atoms with Gasteiger partial charge in [0.15, 0.2) is 5.78 Å². The monoisotopic (exact) mass is 683 g/mol. The van der Waals surface area contributed by atoms with Gasteiger partial charge in [-0.3, -0.25) is 24.0 Å². The maximum Gasteiger partial charge on any atom is 0.240 e. The first kappa shape index (κ1) is 39.3. The van der Waals surface area contributed by atoms with Crippen LogP contribution in [0.3, 0.4) is 0 Å². The summed E-state index contributed by atoms with van der Waals surface area (Å²) in [7, 11) is 0. The molecule has 1 aromatic heterocycles. The number of fused-ring (bicyclic) bond motifs is 1. The first-order chi connectivity index (χ1) is 22.7. The minimum Gasteiger partial charge on any atom is -0.368 e. The Morgan fingerprint density at radius 3 is 2.23 bits per heavy atom. The fourth-order valence-electron chi connectivity index (χ4n) is 6.00. The molecule has 0 bridgehead atoms. The zero-order valence-corrected chi connectivity index (χ0v) is 30.5. The van der Waals surface area contributed by atoms with Crippen molar-refractivity contribution < 1.29 is 24.0 Å². The highest BCUT2D eigenvalue weighted by Gasteiger charge is 2.36. The number of aromatic nitrogens is 1. The van der Waals surface area contributed by atoms with Gasteiger partial charge in [0.1, 0.15) is 11.8 Å². The molecule has 3 rings (SSSR count). The number of Topliss-reactive ketones (excluding diaryl/α,β-unsaturated/α-hetero) is 2. The average Bonchev–Trinajstić information content (AvgIpc) is 3.81. The quantitative estimate of drug-likeness (QED) is 0.123. The normalized spacial score (nSPS) is 16.4. The molecular weight excluding hydrogens is 627 g/mol. The van der Waals surface area contributed by atoms with E-state index < -0.39 is 35.7 Å². The SMILES string of the molecule is CC[C@H](C)[C@H](NC(=O)[C@@H](CC(=O)C1CC1)Cc1nc2ccc(C(C)C)cc2s1)C(=O)C[C@@H](CCCCN)C(=O)N[C@@H](CC(C)C)C(N)=O. The standard InChI is InChI=1S/C37H57N5O5S/c1-7-23(6)34(31(44)17-26(10-8-9-15-38)36(46)41-29(35(39)45)16-21(2)3)42-37(47)27(18-30(43)24-11-12-24)20-33-40-28-14-13-25(22(4)5)19-32(28)48-33/h13-14,19,21-24,26-27,29,34H,7-12,15-18,20,38H2,1-6H3,(H2,39,45)(H,41,46)(H,42,47)/t23-,26+,27-,29-,34-/m0/s1. The Morgan fingerprint density at radius 1 is 0.958 bits per heavy atom. The van der Waals surface area contributed by atoms with Gasteiger partial charge in [-0.1, -0.05) is 60.5 Å². The number of unbranched alkanes of at least 4 members (excludes halogenated alkanes) is 1. The zero-order valence-electron chi connectivity index (χ0n) is 29.7. The van der Waals surface area contributed by atoms with E-state index >= 15 is 0 Å². The van der Waals surface area contributed by atoms with Crippen molar-refractivity contribution in [2.24, 2.45) is 41.1 Å². The Hall–Kier alpha value is -3.18. The fraction of sp³-hybridized carbons (Fsp3) is 0.676. The molecule has 1 aromatic carbocycles. The molecule has 0 saturated heterocycles. The Bertz CT molecular complexity index is 1420. The van der Waals surface area contributed by atoms with Crippen LogP contribution in [0.25, 0.3) is 10.2 Å². The number of carbonyl (C=O) groups is 5. The van der Waals surface area contributed by atoms with Crippen LogP contribution >= 0.6 is 11.3 Å². The van der Waals surface area contributed by atoms with Gasteiger partial charge >= 0.3 is 0 Å². The van der Waals surface area contributed by atoms with Crippen LogP contribution in [0.4, 0.5) is 0 Å². The number of ketones is 2. The molecule has 1 aliphatic carbocycles. The molecule has 1 heterocycles. The average molecular weight is 684 g/mol. The van der Waals surface area contributed by atoms with Gasteiger partial charge < -0.3 is 22.1 Å². The summed E-state index contributed by atoms with van der Waals surface area (Å²) in [6, 6.07) is 4.54. The highest BCUT2D eigenvalue weighted by molar-refractivity contribution is 7.18. The highest BCUT2D eigenvalue weighted by Crippen LogP contribution is 2.34. The number of nitrogens with one attached hydrogen (secondary N) is 2. The molecule has 3 amide bonds. The Morgan fingerprint density at radius 2 is 1.65 bits per heavy atom. The van der Waals surface area contributed by atoms with Crippen molar-refractivity contribution in [1.29, 1.82) is 0 Å². The van der Waals surface area contributed by atoms with Gasteiger partial charge in [-0.15, -0.1) is 11.3 Å². The number of amides is 3. The summed E-state index contributed by atoms with van der Waals surface area (Å²) in [6.45, 7) is 12.5. The number of thiazole rings is 1. The molecule has 10 nitrogen and oxygen atoms in total. The Kier molecular flexibility index (Phi) is 15.2. The van der Waals surface area contributed by atoms with E-state index in [4.69, 9.17) is 16.5 Å². The minimum absolute atomic E-state index is 0.00368. The van der Waals surface area contributed by atoms with E-state index in [2.05, 4.69) is 36.6 Å². The summed E-state index contributed by atoms with van der Waals surface area (Å²) in [5.74, 6) is -2.60. The number of hydrogen-bond donors (Lipinski definition) is 4. The summed E-state index contributed by atoms with van der Waals surface area (Å²) in [6.07, 6.45) is 4.76. The third-order valence-electron chi connectivity index (χ3n) is 9.45. The van der Waals surface area contributed by atoms with Crippen molar-refractivity contribution in [3.63, 3.8) is 0 Å². The maximum atomic E-state index is 14.0. The Balaban J connectivity index is 1.82. The van der Waals surface area contributed by atoms with E-state index in [0.29, 0.717) is 51.0 Å². The first-order valence-electron chi connectivity index (χ1n) is 17.8. The number of nitrogens with two attached hydrogens (primary N) is 2. The smallest absolute Gasteiger partial charge is 0.240 e. The first-order valence-corrected chi connectivity index (χ1v) is 18.6. The second-order valence-electron chi connectivity index (χ2n) is 14.5. The molecule has 0 radical (unpaired) electrons. The molecule has 1 saturated carbocycles. The van der Waals surface area contributed by atoms with Crippen LogP contribution in [0.5, 0.6) is 0 Å². The van der Waals surface area contributed by atoms with E-state index in [-0.39, 0.29) is 48.1 Å². The number of rotatable bonds is 22. The number of benzene rings is 1. The van der Waals surface area contributed by atoms with Crippen molar-refractivity contribution in [3.8, 4) is 0 Å². The molecule has 2 aromatic rings. The number of carbonyl (C=O) groups excluding carboxylic acids is 5. The van der Waals surface area contributed by atoms with Crippen LogP contribution in [0.15, 0.2) is 18.2 Å². The molecule has 0 unspecified atom stereocenters. The van der Waals surface area contributed by atoms with E-state index in [9.17, 15) is 24.0 Å². The number of primary amides is 1. The summed E-state index contributed by atoms with van der Waals surface area (Å²) in [4.78, 5) is 71.3. The van der Waals surface area contributed by atoms with E-state index in [1.165, 1.54) is 16.9 Å². The second kappa shape index (κ2) is 18.5. The minimum atomic E-state index is -0.836. The van der Waals surface area contributed by atoms with E-state index in [1.54, 1.807) is 0 Å². The number of nitrogens with zero attached hydrogens (tertiary/aromatic N) is 1. The van der Waals surface area contributed by atoms with E-state index in [0.717, 1.165) is 28.1 Å². The van der Waals surface area contributed by atoms with Gasteiger partial charge in [-0.2, -0.15) is 0 Å². The lowest BCUT2D eigenvalue weighted by Crippen LogP contribution is -2.50. The van der Waals surface area contributed by atoms with Crippen LogP contribution in [0.1, 0.15) is 116 Å². The fourth-order valence-corrected chi connectivity index (χ4v) is 7.10. The second-order valence-corrected chi connectivity index (χ2v) is 15.6. The molecule has 5 atom stereocenters. The third-order valence-corrected chi connectivity index (χ3v) is 10.5. The van der Waals surface area contributed by atoms with Crippen LogP contribution < -0.4 is 22.1 Å². The summed E-state index contributed by atoms with van der Waals surface area (Å²) < 4.78 is 1.04. The summed E-state index contributed by atoms with van der Waals surface area (Å²) in [5, 5.41) is 6.58. The lowest BCUT2D eigenvalue weighted by molar-refractivity contribution is -0.135. The van der Waals surface area contributed by atoms with Crippen molar-refractivity contribution >= 4 is 50.8 Å². The zero-order chi connectivity index (χ0) is 35.5. The summed E-state index contributed by atoms with van der Waals surface area (Å²) in [5.41, 5.74) is 13.4. The molecule has 1 aliphatic rings. The molecule has 1 fully saturated rings. The topological polar surface area (TPSA) is 174 Å². The molecule has 11 heteroatoms. The maximum absolute atomic E-state index is 14.0. The lowest BCUT2D eigenvalue weighted by Gasteiger charge is -2.28. The van der Waals surface area contributed by atoms with E-state index in [1.807, 2.05) is 33.8 Å². The van der Waals surface area contributed by atoms with Gasteiger partial charge in [0.25, 0.3) is 0 Å². The van der Waals surface area contributed by atoms with Gasteiger partial charge in [-0.25, -0.2) is 4.98 Å². The molecule has 266 valence electrons. The van der Waals surface area contributed by atoms with Crippen molar-refractivity contribution in [1.82, 2.24) is 15.6 Å². The molecule has 0 aliphatic heterocycles. The molecule has 6 N–H and O–H groups in total. The largest absolute Gasteiger partial charge is 0.368 e. The van der Waals surface area contributed by atoms with Crippen LogP contribution in [-0.4, -0.2) is 52.9 Å². The Labute approximate surface area is 290 Å². The molecule has 48 heavy (non-hydrogen) atoms. The number of hydrogen-bond acceptors (Lipinski definition) is 8. The highest BCUT2D eigenvalue weighted by atomic mass is 32.1. The predicted octanol–water partition coefficient (Wildman–Crippen LogP) is 5.20. The molecular formula is C37H57N5O5S. The van der Waals surface area contributed by atoms with Gasteiger partial charge in [-0.05, 0) is 74.1 Å². The predicted molar refractivity (Wildman–Crippen MR) is 191 cm³/mol. The van der Waals surface area contributed by atoms with Gasteiger partial charge in [0.2, 0.25) is 17.7 Å². The third kappa shape index (κ3) is 11.8. The lowest BCUT2D eigenvalue weighted by atomic mass is 9.86. The molecule has 0 spiro atoms. The van der Waals surface area contributed by atoms with Crippen LogP contribution in [0, 0.1) is 29.6 Å². The van der Waals surface area contributed by atoms with Gasteiger partial charge in [0, 0.05) is 31.1 Å². The van der Waals surface area contributed by atoms with Crippen molar-refractivity contribution in [2.75, 3.05) is 6.54 Å². The van der Waals surface area contributed by atoms with Crippen LogP contribution in [-0.2, 0) is 30.4 Å².